The van der Waals surface area contributed by atoms with Crippen LogP contribution in [0.2, 0.25) is 0 Å². The standard InChI is InChI=1S/C26H29N3O3.C9H13NO2.C2H6/c1-6-27-16-22-17(2)29(25(30)32-26(3,4)5)23-14-18(10-12-21(22)23)19-11-13-24(28-15-19)31-20-8-7-9-20;1-12-9-5-4-8(10-7-9)3-2-6-11;1-2/h6,10-16,20H,2,7-9H2,1,3-5H3;4-5,7,11H,2-3,6H2,1H3;1-2H3/b22-16-,27-6?;;. The molecule has 0 aliphatic heterocycles. The van der Waals surface area contributed by atoms with Crippen molar-refractivity contribution in [2.45, 2.75) is 85.4 Å². The van der Waals surface area contributed by atoms with Crippen LogP contribution in [0, 0.1) is 0 Å². The summed E-state index contributed by atoms with van der Waals surface area (Å²) in [5.41, 5.74) is 2.96. The molecule has 4 aromatic rings. The van der Waals surface area contributed by atoms with Crippen molar-refractivity contribution in [3.05, 3.63) is 71.1 Å². The largest absolute Gasteiger partial charge is 0.495 e. The molecule has 0 spiro atoms. The lowest BCUT2D eigenvalue weighted by Gasteiger charge is -2.25. The Morgan fingerprint density at radius 3 is 2.37 bits per heavy atom. The highest BCUT2D eigenvalue weighted by atomic mass is 16.6. The Bertz CT molecular complexity index is 1680. The molecule has 3 heterocycles. The van der Waals surface area contributed by atoms with Gasteiger partial charge in [-0.2, -0.15) is 0 Å². The van der Waals surface area contributed by atoms with Gasteiger partial charge in [0.25, 0.3) is 0 Å². The summed E-state index contributed by atoms with van der Waals surface area (Å²) in [4.78, 5) is 25.9. The fourth-order valence-electron chi connectivity index (χ4n) is 4.57. The van der Waals surface area contributed by atoms with Crippen LogP contribution in [-0.2, 0) is 11.2 Å². The molecule has 9 heteroatoms. The quantitative estimate of drug-likeness (QED) is 0.216. The summed E-state index contributed by atoms with van der Waals surface area (Å²) in [6, 6.07) is 13.6. The van der Waals surface area contributed by atoms with E-state index in [-0.39, 0.29) is 12.7 Å². The number of methoxy groups -OCH3 is 1. The first-order chi connectivity index (χ1) is 22.1. The highest BCUT2D eigenvalue weighted by Crippen LogP contribution is 2.27. The van der Waals surface area contributed by atoms with E-state index in [1.165, 1.54) is 11.0 Å². The lowest BCUT2D eigenvalue weighted by Crippen LogP contribution is -2.35. The van der Waals surface area contributed by atoms with Gasteiger partial charge >= 0.3 is 6.09 Å². The van der Waals surface area contributed by atoms with E-state index in [0.717, 1.165) is 58.9 Å². The van der Waals surface area contributed by atoms with E-state index in [0.29, 0.717) is 16.7 Å². The molecule has 9 nitrogen and oxygen atoms in total. The van der Waals surface area contributed by atoms with Gasteiger partial charge in [0, 0.05) is 53.1 Å². The summed E-state index contributed by atoms with van der Waals surface area (Å²) in [7, 11) is 1.62. The van der Waals surface area contributed by atoms with E-state index in [2.05, 4.69) is 21.5 Å². The van der Waals surface area contributed by atoms with Crippen molar-refractivity contribution in [1.29, 1.82) is 0 Å². The predicted molar refractivity (Wildman–Crippen MR) is 186 cm³/mol. The number of aliphatic hydroxyl groups is 1. The van der Waals surface area contributed by atoms with Gasteiger partial charge in [-0.1, -0.05) is 32.6 Å². The Morgan fingerprint density at radius 2 is 1.83 bits per heavy atom. The molecule has 0 amide bonds. The second-order valence-electron chi connectivity index (χ2n) is 11.5. The van der Waals surface area contributed by atoms with E-state index in [1.54, 1.807) is 31.9 Å². The Hall–Kier alpha value is -4.50. The third kappa shape index (κ3) is 9.75. The maximum Gasteiger partial charge on any atom is 0.419 e. The number of rotatable bonds is 8. The van der Waals surface area contributed by atoms with E-state index in [9.17, 15) is 4.79 Å². The molecule has 0 radical (unpaired) electrons. The van der Waals surface area contributed by atoms with Gasteiger partial charge in [-0.25, -0.2) is 14.3 Å². The first-order valence-corrected chi connectivity index (χ1v) is 15.9. The number of pyridine rings is 2. The average Bonchev–Trinajstić information content (AvgIpc) is 3.31. The SMILES string of the molecule is C=c1/c(=C/N=CC)c2ccc(-c3ccc(OC4CCC4)nc3)cc2n1C(=O)OC(C)(C)C.CC.COc1ccc(CCCO)nc1. The number of aryl methyl sites for hydroxylation is 1. The van der Waals surface area contributed by atoms with Gasteiger partial charge in [0.15, 0.2) is 0 Å². The normalized spacial score (nSPS) is 13.3. The van der Waals surface area contributed by atoms with Gasteiger partial charge in [-0.05, 0) is 89.6 Å². The topological polar surface area (TPSA) is 108 Å². The van der Waals surface area contributed by atoms with Crippen LogP contribution in [-0.4, -0.2) is 57.4 Å². The second-order valence-corrected chi connectivity index (χ2v) is 11.5. The van der Waals surface area contributed by atoms with Crippen LogP contribution in [0.15, 0.2) is 59.9 Å². The van der Waals surface area contributed by atoms with E-state index in [4.69, 9.17) is 19.3 Å². The molecule has 1 fully saturated rings. The molecule has 5 rings (SSSR count). The van der Waals surface area contributed by atoms with Crippen molar-refractivity contribution in [1.82, 2.24) is 14.5 Å². The molecule has 1 aromatic carbocycles. The van der Waals surface area contributed by atoms with Crippen LogP contribution in [0.3, 0.4) is 0 Å². The zero-order valence-electron chi connectivity index (χ0n) is 28.2. The number of carbonyl (C=O) groups is 1. The Morgan fingerprint density at radius 1 is 1.09 bits per heavy atom. The Labute approximate surface area is 272 Å². The number of carbonyl (C=O) groups excluding carboxylic acids is 1. The number of aliphatic hydroxyl groups excluding tert-OH is 1. The number of hydrogen-bond donors (Lipinski definition) is 1. The van der Waals surface area contributed by atoms with Gasteiger partial charge < -0.3 is 19.3 Å². The molecular formula is C37H48N4O5. The number of benzene rings is 1. The van der Waals surface area contributed by atoms with Crippen molar-refractivity contribution >= 4 is 36.0 Å². The minimum Gasteiger partial charge on any atom is -0.495 e. The molecule has 0 unspecified atom stereocenters. The Balaban J connectivity index is 0.000000345. The molecule has 46 heavy (non-hydrogen) atoms. The second kappa shape index (κ2) is 17.3. The monoisotopic (exact) mass is 628 g/mol. The zero-order chi connectivity index (χ0) is 33.7. The number of hydrogen-bond acceptors (Lipinski definition) is 8. The highest BCUT2D eigenvalue weighted by molar-refractivity contribution is 5.93. The molecular weight excluding hydrogens is 580 g/mol. The van der Waals surface area contributed by atoms with Crippen molar-refractivity contribution in [2.75, 3.05) is 13.7 Å². The fourth-order valence-corrected chi connectivity index (χ4v) is 4.57. The van der Waals surface area contributed by atoms with Crippen molar-refractivity contribution < 1.29 is 24.1 Å². The lowest BCUT2D eigenvalue weighted by molar-refractivity contribution is 0.0540. The minimum absolute atomic E-state index is 0.216. The first kappa shape index (κ1) is 36.0. The summed E-state index contributed by atoms with van der Waals surface area (Å²) in [6.07, 6.45) is 11.7. The summed E-state index contributed by atoms with van der Waals surface area (Å²) in [5, 5.41) is 10.8. The molecule has 1 aliphatic rings. The molecule has 0 atom stereocenters. The third-order valence-corrected chi connectivity index (χ3v) is 7.07. The molecule has 0 bridgehead atoms. The van der Waals surface area contributed by atoms with E-state index in [1.807, 2.05) is 84.0 Å². The first-order valence-electron chi connectivity index (χ1n) is 15.9. The minimum atomic E-state index is -0.622. The maximum absolute atomic E-state index is 13.0. The number of aromatic nitrogens is 3. The van der Waals surface area contributed by atoms with E-state index < -0.39 is 11.7 Å². The number of ether oxygens (including phenoxy) is 3. The van der Waals surface area contributed by atoms with Crippen molar-refractivity contribution in [3.63, 3.8) is 0 Å². The molecule has 0 saturated heterocycles. The maximum atomic E-state index is 13.0. The van der Waals surface area contributed by atoms with Crippen molar-refractivity contribution in [3.8, 4) is 22.8 Å². The molecule has 1 saturated carbocycles. The van der Waals surface area contributed by atoms with Gasteiger partial charge in [-0.3, -0.25) is 9.98 Å². The summed E-state index contributed by atoms with van der Waals surface area (Å²) in [6.45, 7) is 15.7. The molecule has 246 valence electrons. The fraction of sp³-hybridized carbons (Fsp3) is 0.405. The van der Waals surface area contributed by atoms with Crippen LogP contribution in [0.5, 0.6) is 11.6 Å². The Kier molecular flexibility index (Phi) is 13.5. The highest BCUT2D eigenvalue weighted by Gasteiger charge is 2.22. The van der Waals surface area contributed by atoms with Crippen LogP contribution in [0.25, 0.3) is 34.8 Å². The van der Waals surface area contributed by atoms with Gasteiger partial charge in [0.05, 0.1) is 24.2 Å². The summed E-state index contributed by atoms with van der Waals surface area (Å²) < 4.78 is 18.0. The number of aliphatic imine (C=N–C) groups is 1. The van der Waals surface area contributed by atoms with Crippen LogP contribution in [0.4, 0.5) is 4.79 Å². The smallest absolute Gasteiger partial charge is 0.419 e. The third-order valence-electron chi connectivity index (χ3n) is 7.07. The van der Waals surface area contributed by atoms with Crippen LogP contribution < -0.4 is 20.0 Å². The van der Waals surface area contributed by atoms with Crippen molar-refractivity contribution in [2.24, 2.45) is 4.99 Å². The summed E-state index contributed by atoms with van der Waals surface area (Å²) >= 11 is 0. The van der Waals surface area contributed by atoms with Gasteiger partial charge in [-0.15, -0.1) is 0 Å². The number of nitrogens with zero attached hydrogens (tertiary/aromatic N) is 4. The van der Waals surface area contributed by atoms with Crippen LogP contribution >= 0.6 is 0 Å². The lowest BCUT2D eigenvalue weighted by atomic mass is 9.96. The van der Waals surface area contributed by atoms with E-state index >= 15 is 0 Å². The summed E-state index contributed by atoms with van der Waals surface area (Å²) in [5.74, 6) is 1.41. The van der Waals surface area contributed by atoms with Gasteiger partial charge in [0.1, 0.15) is 17.5 Å². The molecule has 3 aromatic heterocycles. The number of fused-ring (bicyclic) bond motifs is 1. The zero-order valence-corrected chi connectivity index (χ0v) is 28.2. The van der Waals surface area contributed by atoms with Crippen LogP contribution in [0.1, 0.15) is 72.9 Å². The average molecular weight is 629 g/mol. The predicted octanol–water partition coefficient (Wildman–Crippen LogP) is 6.70. The molecule has 1 N–H and O–H groups in total. The van der Waals surface area contributed by atoms with Gasteiger partial charge in [0.2, 0.25) is 5.88 Å². The molecule has 1 aliphatic carbocycles.